The van der Waals surface area contributed by atoms with Gasteiger partial charge in [0.25, 0.3) is 0 Å². The van der Waals surface area contributed by atoms with Gasteiger partial charge in [-0.2, -0.15) is 0 Å². The van der Waals surface area contributed by atoms with Gasteiger partial charge in [0.2, 0.25) is 5.91 Å². The van der Waals surface area contributed by atoms with E-state index in [-0.39, 0.29) is 5.91 Å². The largest absolute Gasteiger partial charge is 0.497 e. The Morgan fingerprint density at radius 3 is 2.46 bits per heavy atom. The molecular formula is C29H33N3O3. The number of ether oxygens (including phenoxy) is 2. The summed E-state index contributed by atoms with van der Waals surface area (Å²) >= 11 is 0. The lowest BCUT2D eigenvalue weighted by molar-refractivity contribution is -0.120. The fourth-order valence-electron chi connectivity index (χ4n) is 4.08. The van der Waals surface area contributed by atoms with Gasteiger partial charge in [0, 0.05) is 19.5 Å². The fourth-order valence-corrected chi connectivity index (χ4v) is 4.08. The van der Waals surface area contributed by atoms with Gasteiger partial charge in [-0.1, -0.05) is 42.0 Å². The number of imidazole rings is 1. The number of carbonyl (C=O) groups excluding carboxylic acids is 1. The molecule has 35 heavy (non-hydrogen) atoms. The number of aryl methyl sites for hydroxylation is 3. The van der Waals surface area contributed by atoms with Crippen LogP contribution in [-0.2, 0) is 24.2 Å². The van der Waals surface area contributed by atoms with E-state index in [0.29, 0.717) is 19.6 Å². The Morgan fingerprint density at radius 2 is 1.69 bits per heavy atom. The molecule has 4 aromatic rings. The number of para-hydroxylation sites is 2. The summed E-state index contributed by atoms with van der Waals surface area (Å²) in [4.78, 5) is 17.2. The number of amides is 1. The average molecular weight is 472 g/mol. The topological polar surface area (TPSA) is 65.4 Å². The normalized spacial score (nSPS) is 10.9. The van der Waals surface area contributed by atoms with Crippen molar-refractivity contribution in [2.45, 2.75) is 39.2 Å². The van der Waals surface area contributed by atoms with Crippen molar-refractivity contribution in [1.29, 1.82) is 0 Å². The third-order valence-corrected chi connectivity index (χ3v) is 5.97. The Kier molecular flexibility index (Phi) is 8.39. The van der Waals surface area contributed by atoms with Crippen LogP contribution in [0.25, 0.3) is 11.0 Å². The van der Waals surface area contributed by atoms with Gasteiger partial charge in [-0.25, -0.2) is 4.98 Å². The number of aromatic nitrogens is 2. The number of hydrogen-bond donors (Lipinski definition) is 1. The highest BCUT2D eigenvalue weighted by atomic mass is 16.5. The summed E-state index contributed by atoms with van der Waals surface area (Å²) in [6, 6.07) is 24.0. The lowest BCUT2D eigenvalue weighted by atomic mass is 10.1. The molecule has 1 amide bonds. The van der Waals surface area contributed by atoms with Crippen molar-refractivity contribution < 1.29 is 14.3 Å². The van der Waals surface area contributed by atoms with Crippen LogP contribution in [0.1, 0.15) is 29.8 Å². The third kappa shape index (κ3) is 6.85. The van der Waals surface area contributed by atoms with E-state index >= 15 is 0 Å². The molecule has 0 aliphatic rings. The summed E-state index contributed by atoms with van der Waals surface area (Å²) in [6.45, 7) is 4.18. The molecule has 0 atom stereocenters. The van der Waals surface area contributed by atoms with E-state index < -0.39 is 0 Å². The van der Waals surface area contributed by atoms with E-state index in [4.69, 9.17) is 14.5 Å². The van der Waals surface area contributed by atoms with Gasteiger partial charge in [-0.3, -0.25) is 4.79 Å². The molecule has 6 heteroatoms. The van der Waals surface area contributed by atoms with E-state index in [1.807, 2.05) is 48.5 Å². The van der Waals surface area contributed by atoms with Gasteiger partial charge >= 0.3 is 0 Å². The molecule has 0 spiro atoms. The van der Waals surface area contributed by atoms with E-state index in [1.54, 1.807) is 7.11 Å². The number of nitrogens with one attached hydrogen (secondary N) is 1. The number of methoxy groups -OCH3 is 1. The number of fused-ring (bicyclic) bond motifs is 1. The molecule has 0 bridgehead atoms. The number of rotatable bonds is 12. The monoisotopic (exact) mass is 471 g/mol. The first kappa shape index (κ1) is 24.3. The SMILES string of the molecule is COc1ccc(CC(=O)NCCCc2nc3ccccc3n2CCCOc2ccc(C)cc2)cc1. The van der Waals surface area contributed by atoms with Crippen LogP contribution in [0.2, 0.25) is 0 Å². The van der Waals surface area contributed by atoms with Crippen LogP contribution < -0.4 is 14.8 Å². The highest BCUT2D eigenvalue weighted by Crippen LogP contribution is 2.18. The first-order valence-corrected chi connectivity index (χ1v) is 12.2. The fraction of sp³-hybridized carbons (Fsp3) is 0.310. The molecule has 0 radical (unpaired) electrons. The molecule has 4 rings (SSSR count). The maximum atomic E-state index is 12.3. The van der Waals surface area contributed by atoms with E-state index in [2.05, 4.69) is 41.1 Å². The van der Waals surface area contributed by atoms with Gasteiger partial charge in [-0.15, -0.1) is 0 Å². The second-order valence-corrected chi connectivity index (χ2v) is 8.66. The van der Waals surface area contributed by atoms with Crippen LogP contribution in [0.4, 0.5) is 0 Å². The second kappa shape index (κ2) is 12.1. The maximum absolute atomic E-state index is 12.3. The van der Waals surface area contributed by atoms with Gasteiger partial charge < -0.3 is 19.4 Å². The molecule has 1 aromatic heterocycles. The summed E-state index contributed by atoms with van der Waals surface area (Å²) in [7, 11) is 1.63. The minimum absolute atomic E-state index is 0.0249. The third-order valence-electron chi connectivity index (χ3n) is 5.97. The standard InChI is InChI=1S/C29H33N3O3/c1-22-10-14-25(15-11-22)35-20-6-19-32-27-8-4-3-7-26(27)31-28(32)9-5-18-30-29(33)21-23-12-16-24(34-2)17-13-23/h3-4,7-8,10-17H,5-6,9,18-21H2,1-2H3,(H,30,33). The quantitative estimate of drug-likeness (QED) is 0.292. The molecule has 0 saturated heterocycles. The molecule has 3 aromatic carbocycles. The minimum atomic E-state index is 0.0249. The van der Waals surface area contributed by atoms with Gasteiger partial charge in [0.05, 0.1) is 31.2 Å². The predicted molar refractivity (Wildman–Crippen MR) is 139 cm³/mol. The summed E-state index contributed by atoms with van der Waals surface area (Å²) < 4.78 is 13.4. The molecule has 0 aliphatic carbocycles. The van der Waals surface area contributed by atoms with Crippen LogP contribution in [0.15, 0.2) is 72.8 Å². The van der Waals surface area contributed by atoms with Crippen LogP contribution in [0, 0.1) is 6.92 Å². The number of benzene rings is 3. The van der Waals surface area contributed by atoms with Gasteiger partial charge in [-0.05, 0) is 61.7 Å². The lowest BCUT2D eigenvalue weighted by Crippen LogP contribution is -2.26. The van der Waals surface area contributed by atoms with Crippen molar-refractivity contribution in [3.05, 3.63) is 89.7 Å². The summed E-state index contributed by atoms with van der Waals surface area (Å²) in [5.41, 5.74) is 4.34. The molecule has 6 nitrogen and oxygen atoms in total. The number of nitrogens with zero attached hydrogens (tertiary/aromatic N) is 2. The predicted octanol–water partition coefficient (Wildman–Crippen LogP) is 5.11. The first-order valence-electron chi connectivity index (χ1n) is 12.2. The molecule has 0 fully saturated rings. The molecule has 1 N–H and O–H groups in total. The smallest absolute Gasteiger partial charge is 0.224 e. The maximum Gasteiger partial charge on any atom is 0.224 e. The van der Waals surface area contributed by atoms with Gasteiger partial charge in [0.15, 0.2) is 0 Å². The zero-order chi connectivity index (χ0) is 24.5. The molecule has 182 valence electrons. The van der Waals surface area contributed by atoms with E-state index in [0.717, 1.165) is 59.7 Å². The Bertz CT molecular complexity index is 1230. The minimum Gasteiger partial charge on any atom is -0.497 e. The van der Waals surface area contributed by atoms with Crippen molar-refractivity contribution in [1.82, 2.24) is 14.9 Å². The summed E-state index contributed by atoms with van der Waals surface area (Å²) in [5.74, 6) is 2.76. The Hall–Kier alpha value is -3.80. The van der Waals surface area contributed by atoms with E-state index in [1.165, 1.54) is 5.56 Å². The highest BCUT2D eigenvalue weighted by Gasteiger charge is 2.11. The van der Waals surface area contributed by atoms with Crippen molar-refractivity contribution in [3.63, 3.8) is 0 Å². The summed E-state index contributed by atoms with van der Waals surface area (Å²) in [6.07, 6.45) is 2.89. The molecular weight excluding hydrogens is 438 g/mol. The van der Waals surface area contributed by atoms with Crippen LogP contribution in [0.3, 0.4) is 0 Å². The molecule has 0 saturated carbocycles. The Balaban J connectivity index is 1.27. The van der Waals surface area contributed by atoms with Crippen molar-refractivity contribution >= 4 is 16.9 Å². The van der Waals surface area contributed by atoms with Crippen molar-refractivity contribution in [2.24, 2.45) is 0 Å². The van der Waals surface area contributed by atoms with Crippen molar-refractivity contribution in [3.8, 4) is 11.5 Å². The molecule has 0 aliphatic heterocycles. The van der Waals surface area contributed by atoms with E-state index in [9.17, 15) is 4.79 Å². The van der Waals surface area contributed by atoms with Crippen LogP contribution in [-0.4, -0.2) is 35.7 Å². The summed E-state index contributed by atoms with van der Waals surface area (Å²) in [5, 5.41) is 3.03. The van der Waals surface area contributed by atoms with Gasteiger partial charge in [0.1, 0.15) is 17.3 Å². The first-order chi connectivity index (χ1) is 17.1. The Morgan fingerprint density at radius 1 is 0.943 bits per heavy atom. The molecule has 0 unspecified atom stereocenters. The zero-order valence-electron chi connectivity index (χ0n) is 20.5. The zero-order valence-corrected chi connectivity index (χ0v) is 20.5. The van der Waals surface area contributed by atoms with Crippen LogP contribution in [0.5, 0.6) is 11.5 Å². The van der Waals surface area contributed by atoms with Crippen molar-refractivity contribution in [2.75, 3.05) is 20.3 Å². The number of carbonyl (C=O) groups is 1. The Labute approximate surface area is 206 Å². The number of hydrogen-bond acceptors (Lipinski definition) is 4. The lowest BCUT2D eigenvalue weighted by Gasteiger charge is -2.11. The second-order valence-electron chi connectivity index (χ2n) is 8.66. The molecule has 1 heterocycles. The highest BCUT2D eigenvalue weighted by molar-refractivity contribution is 5.78. The average Bonchev–Trinajstić information content (AvgIpc) is 3.23. The van der Waals surface area contributed by atoms with Crippen LogP contribution >= 0.6 is 0 Å².